The lowest BCUT2D eigenvalue weighted by Crippen LogP contribution is -2.35. The molecule has 1 N–H and O–H groups in total. The third-order valence-electron chi connectivity index (χ3n) is 4.45. The maximum Gasteiger partial charge on any atom is 0.407 e. The van der Waals surface area contributed by atoms with Crippen LogP contribution in [0.2, 0.25) is 5.02 Å². The average Bonchev–Trinajstić information content (AvgIpc) is 2.97. The Bertz CT molecular complexity index is 823. The number of amides is 1. The summed E-state index contributed by atoms with van der Waals surface area (Å²) in [5, 5.41) is 14.0. The summed E-state index contributed by atoms with van der Waals surface area (Å²) in [5.41, 5.74) is 2.71. The van der Waals surface area contributed by atoms with E-state index in [9.17, 15) is 9.90 Å². The molecule has 2 aromatic rings. The van der Waals surface area contributed by atoms with Gasteiger partial charge in [0, 0.05) is 23.6 Å². The number of fused-ring (bicyclic) bond motifs is 2. The number of carboxylic acid groups (broad SMARTS) is 1. The first kappa shape index (κ1) is 15.8. The van der Waals surface area contributed by atoms with E-state index in [0.717, 1.165) is 39.9 Å². The van der Waals surface area contributed by atoms with Crippen LogP contribution in [0.4, 0.5) is 4.79 Å². The number of aromatic nitrogens is 1. The van der Waals surface area contributed by atoms with Crippen molar-refractivity contribution >= 4 is 33.6 Å². The summed E-state index contributed by atoms with van der Waals surface area (Å²) in [4.78, 5) is 12.6. The van der Waals surface area contributed by atoms with E-state index in [1.165, 1.54) is 4.90 Å². The molecule has 0 radical (unpaired) electrons. The zero-order valence-corrected chi connectivity index (χ0v) is 14.9. The molecule has 0 saturated heterocycles. The molecular weight excluding hydrogens is 400 g/mol. The van der Waals surface area contributed by atoms with Crippen LogP contribution in [0, 0.1) is 0 Å². The normalized spacial score (nSPS) is 19.4. The predicted molar refractivity (Wildman–Crippen MR) is 89.5 cm³/mol. The molecule has 0 spiro atoms. The highest BCUT2D eigenvalue weighted by Gasteiger charge is 2.33. The summed E-state index contributed by atoms with van der Waals surface area (Å²) >= 11 is 9.57. The van der Waals surface area contributed by atoms with Gasteiger partial charge in [-0.15, -0.1) is 0 Å². The zero-order chi connectivity index (χ0) is 16.8. The predicted octanol–water partition coefficient (Wildman–Crippen LogP) is 4.19. The van der Waals surface area contributed by atoms with Crippen molar-refractivity contribution in [2.45, 2.75) is 31.9 Å². The van der Waals surface area contributed by atoms with Gasteiger partial charge in [-0.3, -0.25) is 0 Å². The fourth-order valence-electron chi connectivity index (χ4n) is 3.25. The van der Waals surface area contributed by atoms with Gasteiger partial charge in [0.25, 0.3) is 0 Å². The summed E-state index contributed by atoms with van der Waals surface area (Å²) in [6.45, 7) is 0.727. The molecule has 1 unspecified atom stereocenters. The number of rotatable bonds is 1. The van der Waals surface area contributed by atoms with Gasteiger partial charge in [0.05, 0.1) is 16.7 Å². The van der Waals surface area contributed by atoms with E-state index in [-0.39, 0.29) is 12.6 Å². The first-order chi connectivity index (χ1) is 11.5. The van der Waals surface area contributed by atoms with Gasteiger partial charge in [0.15, 0.2) is 11.9 Å². The molecule has 1 aromatic heterocycles. The van der Waals surface area contributed by atoms with Crippen molar-refractivity contribution in [3.8, 4) is 5.75 Å². The molecule has 0 fully saturated rings. The molecule has 0 aliphatic carbocycles. The molecule has 0 bridgehead atoms. The van der Waals surface area contributed by atoms with Crippen molar-refractivity contribution in [3.63, 3.8) is 0 Å². The first-order valence-corrected chi connectivity index (χ1v) is 8.80. The quantitative estimate of drug-likeness (QED) is 0.758. The number of benzene rings is 1. The number of hydrogen-bond acceptors (Lipinski definition) is 4. The highest BCUT2D eigenvalue weighted by Crippen LogP contribution is 2.42. The molecule has 8 heteroatoms. The lowest BCUT2D eigenvalue weighted by atomic mass is 9.97. The molecule has 4 rings (SSSR count). The van der Waals surface area contributed by atoms with Crippen LogP contribution < -0.4 is 4.74 Å². The standard InChI is InChI=1S/C16H14BrClN2O4/c17-11-6-9(18)5-8-1-2-13(23-14(8)11)15-10-7-20(16(21)22)4-3-12(10)19-24-15/h5-6,13H,1-4,7H2,(H,21,22). The van der Waals surface area contributed by atoms with E-state index in [0.29, 0.717) is 23.7 Å². The van der Waals surface area contributed by atoms with Crippen LogP contribution in [0.3, 0.4) is 0 Å². The summed E-state index contributed by atoms with van der Waals surface area (Å²) in [6, 6.07) is 3.70. The van der Waals surface area contributed by atoms with Crippen molar-refractivity contribution in [1.82, 2.24) is 10.1 Å². The van der Waals surface area contributed by atoms with Gasteiger partial charge in [0.1, 0.15) is 5.75 Å². The third kappa shape index (κ3) is 2.65. The monoisotopic (exact) mass is 412 g/mol. The fourth-order valence-corrected chi connectivity index (χ4v) is 4.22. The van der Waals surface area contributed by atoms with Crippen molar-refractivity contribution in [2.75, 3.05) is 6.54 Å². The third-order valence-corrected chi connectivity index (χ3v) is 5.26. The van der Waals surface area contributed by atoms with Crippen LogP contribution in [0.5, 0.6) is 5.75 Å². The Labute approximate surface area is 151 Å². The number of nitrogens with zero attached hydrogens (tertiary/aromatic N) is 2. The van der Waals surface area contributed by atoms with Crippen LogP contribution in [0.1, 0.15) is 35.1 Å². The van der Waals surface area contributed by atoms with E-state index in [4.69, 9.17) is 20.9 Å². The molecule has 126 valence electrons. The molecule has 3 heterocycles. The number of carbonyl (C=O) groups is 1. The Morgan fingerprint density at radius 2 is 2.25 bits per heavy atom. The van der Waals surface area contributed by atoms with E-state index < -0.39 is 6.09 Å². The van der Waals surface area contributed by atoms with Gasteiger partial charge < -0.3 is 19.3 Å². The van der Waals surface area contributed by atoms with Crippen LogP contribution in [-0.2, 0) is 19.4 Å². The van der Waals surface area contributed by atoms with Crippen molar-refractivity contribution in [3.05, 3.63) is 44.2 Å². The van der Waals surface area contributed by atoms with E-state index >= 15 is 0 Å². The molecule has 0 saturated carbocycles. The Hall–Kier alpha value is -1.73. The molecule has 24 heavy (non-hydrogen) atoms. The van der Waals surface area contributed by atoms with Crippen LogP contribution in [-0.4, -0.2) is 27.8 Å². The Morgan fingerprint density at radius 1 is 1.42 bits per heavy atom. The molecule has 1 atom stereocenters. The van der Waals surface area contributed by atoms with Crippen molar-refractivity contribution < 1.29 is 19.2 Å². The molecule has 1 amide bonds. The minimum Gasteiger partial charge on any atom is -0.481 e. The molecular formula is C16H14BrClN2O4. The van der Waals surface area contributed by atoms with E-state index in [1.807, 2.05) is 6.07 Å². The minimum atomic E-state index is -0.930. The topological polar surface area (TPSA) is 75.8 Å². The van der Waals surface area contributed by atoms with Gasteiger partial charge in [-0.05, 0) is 46.5 Å². The number of ether oxygens (including phenoxy) is 1. The summed E-state index contributed by atoms with van der Waals surface area (Å²) in [7, 11) is 0. The Kier molecular flexibility index (Phi) is 3.92. The van der Waals surface area contributed by atoms with Gasteiger partial charge in [0.2, 0.25) is 0 Å². The second-order valence-electron chi connectivity index (χ2n) is 5.95. The summed E-state index contributed by atoms with van der Waals surface area (Å²) in [6.07, 6.45) is 0.888. The Morgan fingerprint density at radius 3 is 3.04 bits per heavy atom. The van der Waals surface area contributed by atoms with Gasteiger partial charge >= 0.3 is 6.09 Å². The highest BCUT2D eigenvalue weighted by atomic mass is 79.9. The number of hydrogen-bond donors (Lipinski definition) is 1. The second-order valence-corrected chi connectivity index (χ2v) is 7.24. The van der Waals surface area contributed by atoms with Crippen LogP contribution in [0.15, 0.2) is 21.1 Å². The average molecular weight is 414 g/mol. The van der Waals surface area contributed by atoms with Crippen LogP contribution in [0.25, 0.3) is 0 Å². The number of aryl methyl sites for hydroxylation is 1. The van der Waals surface area contributed by atoms with Gasteiger partial charge in [-0.25, -0.2) is 4.79 Å². The molecule has 6 nitrogen and oxygen atoms in total. The molecule has 2 aliphatic heterocycles. The highest BCUT2D eigenvalue weighted by molar-refractivity contribution is 9.10. The smallest absolute Gasteiger partial charge is 0.407 e. The lowest BCUT2D eigenvalue weighted by Gasteiger charge is -2.28. The number of halogens is 2. The zero-order valence-electron chi connectivity index (χ0n) is 12.6. The van der Waals surface area contributed by atoms with Gasteiger partial charge in [-0.1, -0.05) is 16.8 Å². The summed E-state index contributed by atoms with van der Waals surface area (Å²) < 4.78 is 12.4. The van der Waals surface area contributed by atoms with E-state index in [1.54, 1.807) is 6.07 Å². The van der Waals surface area contributed by atoms with Crippen LogP contribution >= 0.6 is 27.5 Å². The first-order valence-electron chi connectivity index (χ1n) is 7.62. The minimum absolute atomic E-state index is 0.278. The van der Waals surface area contributed by atoms with Crippen molar-refractivity contribution in [2.24, 2.45) is 0 Å². The SMILES string of the molecule is O=C(O)N1CCc2noc(C3CCc4cc(Cl)cc(Br)c4O3)c2C1. The Balaban J connectivity index is 1.65. The maximum atomic E-state index is 11.2. The molecule has 2 aliphatic rings. The lowest BCUT2D eigenvalue weighted by molar-refractivity contribution is 0.131. The van der Waals surface area contributed by atoms with E-state index in [2.05, 4.69) is 21.1 Å². The maximum absolute atomic E-state index is 11.2. The molecule has 1 aromatic carbocycles. The van der Waals surface area contributed by atoms with Crippen molar-refractivity contribution in [1.29, 1.82) is 0 Å². The largest absolute Gasteiger partial charge is 0.481 e. The second kappa shape index (κ2) is 5.97. The summed E-state index contributed by atoms with van der Waals surface area (Å²) in [5.74, 6) is 1.38. The fraction of sp³-hybridized carbons (Fsp3) is 0.375. The van der Waals surface area contributed by atoms with Gasteiger partial charge in [-0.2, -0.15) is 0 Å².